The van der Waals surface area contributed by atoms with Crippen molar-refractivity contribution in [3.63, 3.8) is 0 Å². The molecule has 2 nitrogen and oxygen atoms in total. The molecule has 0 fully saturated rings. The molecule has 0 saturated carbocycles. The summed E-state index contributed by atoms with van der Waals surface area (Å²) < 4.78 is 129. The van der Waals surface area contributed by atoms with Gasteiger partial charge in [0.15, 0.2) is 5.82 Å². The highest BCUT2D eigenvalue weighted by Gasteiger charge is 2.74. The van der Waals surface area contributed by atoms with Gasteiger partial charge in [-0.25, -0.2) is 4.98 Å². The minimum atomic E-state index is -6.52. The Kier molecular flexibility index (Phi) is 4.83. The molecule has 2 aromatic carbocycles. The molecule has 0 aliphatic heterocycles. The summed E-state index contributed by atoms with van der Waals surface area (Å²) in [5, 5.41) is 0. The average molecular weight is 444 g/mol. The van der Waals surface area contributed by atoms with Crippen molar-refractivity contribution in [2.45, 2.75) is 31.1 Å². The van der Waals surface area contributed by atoms with Gasteiger partial charge in [-0.3, -0.25) is 0 Å². The van der Waals surface area contributed by atoms with Crippen LogP contribution in [0.5, 0.6) is 0 Å². The zero-order valence-corrected chi connectivity index (χ0v) is 14.7. The number of imidazole rings is 1. The number of hydrogen-bond donors (Lipinski definition) is 1. The fourth-order valence-electron chi connectivity index (χ4n) is 2.79. The van der Waals surface area contributed by atoms with Crippen molar-refractivity contribution in [1.29, 1.82) is 0 Å². The molecule has 162 valence electrons. The van der Waals surface area contributed by atoms with Crippen LogP contribution in [0.1, 0.15) is 17.0 Å². The third-order valence-electron chi connectivity index (χ3n) is 4.40. The van der Waals surface area contributed by atoms with Crippen molar-refractivity contribution in [3.05, 3.63) is 53.3 Å². The Morgan fingerprint density at radius 1 is 0.800 bits per heavy atom. The van der Waals surface area contributed by atoms with Gasteiger partial charge in [0.2, 0.25) is 0 Å². The molecule has 0 unspecified atom stereocenters. The largest absolute Gasteiger partial charge is 0.460 e. The lowest BCUT2D eigenvalue weighted by Crippen LogP contribution is -2.50. The number of alkyl halides is 10. The molecule has 1 heterocycles. The summed E-state index contributed by atoms with van der Waals surface area (Å²) in [5.41, 5.74) is -0.720. The Morgan fingerprint density at radius 3 is 1.87 bits per heavy atom. The maximum Gasteiger partial charge on any atom is 0.460 e. The van der Waals surface area contributed by atoms with Crippen LogP contribution in [0.25, 0.3) is 22.2 Å². The Hall–Kier alpha value is -2.79. The highest BCUT2D eigenvalue weighted by molar-refractivity contribution is 5.84. The Labute approximate surface area is 161 Å². The number of nitrogens with zero attached hydrogens (tertiary/aromatic N) is 1. The lowest BCUT2D eigenvalue weighted by Gasteiger charge is -2.26. The normalized spacial score (nSPS) is 13.8. The van der Waals surface area contributed by atoms with Gasteiger partial charge in [0.25, 0.3) is 0 Å². The van der Waals surface area contributed by atoms with E-state index < -0.39 is 35.6 Å². The molecule has 3 rings (SSSR count). The molecular formula is C18H10F10N2. The van der Waals surface area contributed by atoms with Crippen LogP contribution in [0, 0.1) is 6.92 Å². The number of aromatic nitrogens is 2. The number of aromatic amines is 1. The van der Waals surface area contributed by atoms with E-state index in [0.717, 1.165) is 30.3 Å². The summed E-state index contributed by atoms with van der Waals surface area (Å²) >= 11 is 0. The van der Waals surface area contributed by atoms with Crippen LogP contribution < -0.4 is 0 Å². The van der Waals surface area contributed by atoms with E-state index in [1.54, 1.807) is 4.98 Å². The molecule has 3 aromatic rings. The van der Waals surface area contributed by atoms with Gasteiger partial charge in [-0.2, -0.15) is 43.9 Å². The molecule has 1 aromatic heterocycles. The second-order valence-corrected chi connectivity index (χ2v) is 6.49. The van der Waals surface area contributed by atoms with E-state index in [1.807, 2.05) is 0 Å². The SMILES string of the molecule is Cc1cc2[nH]c(C(F)(F)C(F)(F)C(F)(F)F)nc2cc1-c1ccc(C(F)(F)F)cc1. The summed E-state index contributed by atoms with van der Waals surface area (Å²) in [4.78, 5) is 4.96. The molecule has 0 aliphatic rings. The smallest absolute Gasteiger partial charge is 0.337 e. The third kappa shape index (κ3) is 3.47. The molecule has 0 spiro atoms. The average Bonchev–Trinajstić information content (AvgIpc) is 3.02. The number of rotatable bonds is 3. The van der Waals surface area contributed by atoms with Crippen molar-refractivity contribution in [2.75, 3.05) is 0 Å². The summed E-state index contributed by atoms with van der Waals surface area (Å²) in [7, 11) is 0. The van der Waals surface area contributed by atoms with Gasteiger partial charge in [0.05, 0.1) is 16.6 Å². The van der Waals surface area contributed by atoms with E-state index in [4.69, 9.17) is 0 Å². The molecule has 0 atom stereocenters. The maximum absolute atomic E-state index is 13.9. The van der Waals surface area contributed by atoms with Crippen molar-refractivity contribution in [3.8, 4) is 11.1 Å². The van der Waals surface area contributed by atoms with Crippen LogP contribution >= 0.6 is 0 Å². The second-order valence-electron chi connectivity index (χ2n) is 6.49. The van der Waals surface area contributed by atoms with Crippen LogP contribution in [-0.4, -0.2) is 22.1 Å². The predicted octanol–water partition coefficient (Wildman–Crippen LogP) is 6.85. The predicted molar refractivity (Wildman–Crippen MR) is 86.2 cm³/mol. The number of halogens is 10. The van der Waals surface area contributed by atoms with E-state index in [9.17, 15) is 43.9 Å². The molecule has 0 amide bonds. The summed E-state index contributed by atoms with van der Waals surface area (Å²) in [5.74, 6) is -13.9. The highest BCUT2D eigenvalue weighted by Crippen LogP contribution is 2.51. The first-order valence-electron chi connectivity index (χ1n) is 8.06. The Morgan fingerprint density at radius 2 is 1.37 bits per heavy atom. The molecule has 0 bridgehead atoms. The molecule has 0 radical (unpaired) electrons. The Bertz CT molecular complexity index is 1080. The number of H-pyrrole nitrogens is 1. The molecule has 0 aliphatic carbocycles. The highest BCUT2D eigenvalue weighted by atomic mass is 19.4. The van der Waals surface area contributed by atoms with E-state index >= 15 is 0 Å². The van der Waals surface area contributed by atoms with E-state index in [2.05, 4.69) is 4.98 Å². The van der Waals surface area contributed by atoms with Gasteiger partial charge in [-0.15, -0.1) is 0 Å². The van der Waals surface area contributed by atoms with Crippen LogP contribution in [0.2, 0.25) is 0 Å². The van der Waals surface area contributed by atoms with Crippen molar-refractivity contribution in [2.24, 2.45) is 0 Å². The maximum atomic E-state index is 13.9. The minimum Gasteiger partial charge on any atom is -0.337 e. The van der Waals surface area contributed by atoms with E-state index in [0.29, 0.717) is 5.56 Å². The number of hydrogen-bond acceptors (Lipinski definition) is 1. The zero-order chi connectivity index (χ0) is 22.7. The van der Waals surface area contributed by atoms with Gasteiger partial charge in [0.1, 0.15) is 0 Å². The quantitative estimate of drug-likeness (QED) is 0.440. The third-order valence-corrected chi connectivity index (χ3v) is 4.40. The van der Waals surface area contributed by atoms with Crippen molar-refractivity contribution >= 4 is 11.0 Å². The lowest BCUT2D eigenvalue weighted by molar-refractivity contribution is -0.361. The van der Waals surface area contributed by atoms with Gasteiger partial charge in [0, 0.05) is 0 Å². The summed E-state index contributed by atoms with van der Waals surface area (Å²) in [6.07, 6.45) is -11.1. The molecule has 0 saturated heterocycles. The van der Waals surface area contributed by atoms with Crippen molar-refractivity contribution < 1.29 is 43.9 Å². The number of benzene rings is 2. The monoisotopic (exact) mass is 444 g/mol. The van der Waals surface area contributed by atoms with Gasteiger partial charge >= 0.3 is 24.2 Å². The van der Waals surface area contributed by atoms with E-state index in [1.165, 1.54) is 13.0 Å². The first-order chi connectivity index (χ1) is 13.6. The molecular weight excluding hydrogens is 434 g/mol. The van der Waals surface area contributed by atoms with Gasteiger partial charge in [-0.1, -0.05) is 12.1 Å². The summed E-state index contributed by atoms with van der Waals surface area (Å²) in [6, 6.07) is 6.06. The molecule has 12 heteroatoms. The van der Waals surface area contributed by atoms with Crippen LogP contribution in [0.3, 0.4) is 0 Å². The number of aryl methyl sites for hydroxylation is 1. The van der Waals surface area contributed by atoms with E-state index in [-0.39, 0.29) is 22.2 Å². The van der Waals surface area contributed by atoms with Crippen LogP contribution in [-0.2, 0) is 12.1 Å². The van der Waals surface area contributed by atoms with Gasteiger partial charge < -0.3 is 4.98 Å². The van der Waals surface area contributed by atoms with Crippen LogP contribution in [0.15, 0.2) is 36.4 Å². The molecule has 30 heavy (non-hydrogen) atoms. The first kappa shape index (κ1) is 21.9. The Balaban J connectivity index is 2.08. The lowest BCUT2D eigenvalue weighted by atomic mass is 9.98. The first-order valence-corrected chi connectivity index (χ1v) is 8.06. The zero-order valence-electron chi connectivity index (χ0n) is 14.7. The number of nitrogens with one attached hydrogen (secondary N) is 1. The second kappa shape index (κ2) is 6.61. The van der Waals surface area contributed by atoms with Gasteiger partial charge in [-0.05, 0) is 47.9 Å². The minimum absolute atomic E-state index is 0.235. The molecule has 1 N–H and O–H groups in total. The fraction of sp³-hybridized carbons (Fsp3) is 0.278. The fourth-order valence-corrected chi connectivity index (χ4v) is 2.79. The summed E-state index contributed by atoms with van der Waals surface area (Å²) in [6.45, 7) is 1.45. The number of fused-ring (bicyclic) bond motifs is 1. The topological polar surface area (TPSA) is 28.7 Å². The van der Waals surface area contributed by atoms with Crippen LogP contribution in [0.4, 0.5) is 43.9 Å². The van der Waals surface area contributed by atoms with Crippen molar-refractivity contribution in [1.82, 2.24) is 9.97 Å². The standard InChI is InChI=1S/C18H10F10N2/c1-8-6-12-13(7-11(8)9-2-4-10(5-3-9)16(21,22)23)30-14(29-12)15(19,20)17(24,25)18(26,27)28/h2-7H,1H3,(H,29,30).